The van der Waals surface area contributed by atoms with Gasteiger partial charge in [0.05, 0.1) is 11.9 Å². The molecule has 0 bridgehead atoms. The number of amides is 4. The molecule has 14 heteroatoms. The molecule has 0 atom stereocenters. The van der Waals surface area contributed by atoms with Gasteiger partial charge in [-0.15, -0.1) is 0 Å². The monoisotopic (exact) mass is 524 g/mol. The maximum absolute atomic E-state index is 13.5. The molecule has 200 valence electrons. The lowest BCUT2D eigenvalue weighted by molar-refractivity contribution is -0.141. The Balaban J connectivity index is 1.87. The predicted octanol–water partition coefficient (Wildman–Crippen LogP) is 4.98. The molecular weight excluding hydrogens is 498 g/mol. The molecule has 3 rings (SSSR count). The molecule has 2 fully saturated rings. The fourth-order valence-corrected chi connectivity index (χ4v) is 4.24. The largest absolute Gasteiger partial charge is 0.444 e. The van der Waals surface area contributed by atoms with Crippen molar-refractivity contribution in [3.63, 3.8) is 0 Å². The topological polar surface area (TPSA) is 83.0 Å². The van der Waals surface area contributed by atoms with Gasteiger partial charge >= 0.3 is 24.5 Å². The molecule has 0 saturated carbocycles. The molecule has 2 aliphatic heterocycles. The first-order valence-corrected chi connectivity index (χ1v) is 11.2. The highest BCUT2D eigenvalue weighted by atomic mass is 19.4. The van der Waals surface area contributed by atoms with E-state index in [1.165, 1.54) is 4.90 Å². The number of halogens is 6. The number of carbonyl (C=O) groups is 3. The summed E-state index contributed by atoms with van der Waals surface area (Å²) in [6.45, 7) is 4.60. The lowest BCUT2D eigenvalue weighted by atomic mass is 9.85. The molecule has 0 N–H and O–H groups in total. The van der Waals surface area contributed by atoms with E-state index in [1.807, 2.05) is 0 Å². The first kappa shape index (κ1) is 27.5. The van der Waals surface area contributed by atoms with Crippen LogP contribution in [0.3, 0.4) is 0 Å². The third-order valence-corrected chi connectivity index (χ3v) is 5.92. The summed E-state index contributed by atoms with van der Waals surface area (Å²) in [5, 5.41) is 0. The lowest BCUT2D eigenvalue weighted by Gasteiger charge is -2.42. The lowest BCUT2D eigenvalue weighted by Crippen LogP contribution is -2.58. The van der Waals surface area contributed by atoms with Crippen molar-refractivity contribution in [1.82, 2.24) is 14.8 Å². The smallest absolute Gasteiger partial charge is 0.433 e. The second-order valence-corrected chi connectivity index (χ2v) is 9.69. The minimum atomic E-state index is -4.74. The van der Waals surface area contributed by atoms with Gasteiger partial charge in [0.15, 0.2) is 0 Å². The maximum atomic E-state index is 13.5. The standard InChI is InChI=1S/C22H26F6N4O4/c1-19(2,3)36-18(35)30-11-8-20(9-12-30)16(33)32(14-5-6-15(29-13-14)22(26,27)28)17(34)31(20)10-4-7-21(23,24)25/h5-6,13H,4,7-12H2,1-3H3. The molecule has 3 heterocycles. The highest BCUT2D eigenvalue weighted by Crippen LogP contribution is 2.40. The van der Waals surface area contributed by atoms with Gasteiger partial charge in [-0.25, -0.2) is 19.5 Å². The number of carbonyl (C=O) groups excluding carboxylic acids is 3. The van der Waals surface area contributed by atoms with Crippen molar-refractivity contribution in [2.45, 2.75) is 69.9 Å². The summed E-state index contributed by atoms with van der Waals surface area (Å²) in [7, 11) is 0. The summed E-state index contributed by atoms with van der Waals surface area (Å²) in [5.41, 5.74) is -3.79. The maximum Gasteiger partial charge on any atom is 0.433 e. The predicted molar refractivity (Wildman–Crippen MR) is 114 cm³/mol. The van der Waals surface area contributed by atoms with Crippen LogP contribution in [0.25, 0.3) is 0 Å². The third-order valence-electron chi connectivity index (χ3n) is 5.92. The molecule has 2 saturated heterocycles. The van der Waals surface area contributed by atoms with E-state index in [9.17, 15) is 40.7 Å². The minimum Gasteiger partial charge on any atom is -0.444 e. The Labute approximate surface area is 203 Å². The van der Waals surface area contributed by atoms with Gasteiger partial charge in [0.1, 0.15) is 16.8 Å². The molecule has 2 aliphatic rings. The van der Waals surface area contributed by atoms with Crippen molar-refractivity contribution < 1.29 is 45.5 Å². The Bertz CT molecular complexity index is 996. The highest BCUT2D eigenvalue weighted by molar-refractivity contribution is 6.23. The third kappa shape index (κ3) is 5.84. The first-order chi connectivity index (χ1) is 16.4. The van der Waals surface area contributed by atoms with Gasteiger partial charge in [0.2, 0.25) is 0 Å². The van der Waals surface area contributed by atoms with Crippen LogP contribution < -0.4 is 4.90 Å². The summed E-state index contributed by atoms with van der Waals surface area (Å²) in [5.74, 6) is -0.787. The molecule has 0 radical (unpaired) electrons. The van der Waals surface area contributed by atoms with Gasteiger partial charge < -0.3 is 14.5 Å². The molecule has 0 aromatic carbocycles. The number of rotatable bonds is 4. The molecule has 0 unspecified atom stereocenters. The number of anilines is 1. The van der Waals surface area contributed by atoms with Gasteiger partial charge in [0.25, 0.3) is 5.91 Å². The van der Waals surface area contributed by atoms with Crippen LogP contribution in [-0.2, 0) is 15.7 Å². The fraction of sp³-hybridized carbons (Fsp3) is 0.636. The number of likely N-dealkylation sites (tertiary alicyclic amines) is 1. The fourth-order valence-electron chi connectivity index (χ4n) is 4.24. The Morgan fingerprint density at radius 3 is 2.14 bits per heavy atom. The van der Waals surface area contributed by atoms with Crippen LogP contribution in [0.15, 0.2) is 18.3 Å². The average Bonchev–Trinajstić information content (AvgIpc) is 2.93. The van der Waals surface area contributed by atoms with Gasteiger partial charge in [-0.2, -0.15) is 26.3 Å². The zero-order chi connectivity index (χ0) is 27.1. The Morgan fingerprint density at radius 2 is 1.67 bits per heavy atom. The van der Waals surface area contributed by atoms with Gasteiger partial charge in [-0.1, -0.05) is 0 Å². The Kier molecular flexibility index (Phi) is 7.21. The van der Waals surface area contributed by atoms with Gasteiger partial charge in [-0.05, 0) is 52.2 Å². The van der Waals surface area contributed by atoms with Gasteiger partial charge in [-0.3, -0.25) is 4.79 Å². The molecule has 8 nitrogen and oxygen atoms in total. The number of urea groups is 1. The Hall–Kier alpha value is -3.06. The van der Waals surface area contributed by atoms with E-state index in [0.717, 1.165) is 17.2 Å². The Morgan fingerprint density at radius 1 is 1.06 bits per heavy atom. The van der Waals surface area contributed by atoms with E-state index in [2.05, 4.69) is 4.98 Å². The summed E-state index contributed by atoms with van der Waals surface area (Å²) in [4.78, 5) is 45.5. The van der Waals surface area contributed by atoms with Gasteiger partial charge in [0, 0.05) is 26.1 Å². The number of ether oxygens (including phenoxy) is 1. The number of pyridine rings is 1. The van der Waals surface area contributed by atoms with Crippen molar-refractivity contribution in [2.75, 3.05) is 24.5 Å². The highest BCUT2D eigenvalue weighted by Gasteiger charge is 2.59. The quantitative estimate of drug-likeness (QED) is 0.410. The van der Waals surface area contributed by atoms with Crippen molar-refractivity contribution in [3.8, 4) is 0 Å². The number of nitrogens with zero attached hydrogens (tertiary/aromatic N) is 4. The van der Waals surface area contributed by atoms with Crippen LogP contribution in [0.1, 0.15) is 52.1 Å². The number of hydrogen-bond acceptors (Lipinski definition) is 5. The van der Waals surface area contributed by atoms with E-state index in [1.54, 1.807) is 20.8 Å². The summed E-state index contributed by atoms with van der Waals surface area (Å²) in [6.07, 6.45) is -10.9. The SMILES string of the molecule is CC(C)(C)OC(=O)N1CCC2(CC1)C(=O)N(c1ccc(C(F)(F)F)nc1)C(=O)N2CCCC(F)(F)F. The summed E-state index contributed by atoms with van der Waals surface area (Å²) in [6, 6.07) is 0.573. The van der Waals surface area contributed by atoms with E-state index in [-0.39, 0.29) is 31.6 Å². The molecule has 0 aliphatic carbocycles. The number of alkyl halides is 6. The van der Waals surface area contributed by atoms with Crippen LogP contribution in [0.4, 0.5) is 41.6 Å². The molecule has 4 amide bonds. The van der Waals surface area contributed by atoms with E-state index in [4.69, 9.17) is 4.74 Å². The zero-order valence-electron chi connectivity index (χ0n) is 19.9. The minimum absolute atomic E-state index is 0.0111. The summed E-state index contributed by atoms with van der Waals surface area (Å²) < 4.78 is 82.2. The van der Waals surface area contributed by atoms with Crippen LogP contribution in [0.5, 0.6) is 0 Å². The van der Waals surface area contributed by atoms with Crippen LogP contribution >= 0.6 is 0 Å². The van der Waals surface area contributed by atoms with Crippen LogP contribution in [-0.4, -0.2) is 69.8 Å². The van der Waals surface area contributed by atoms with Crippen molar-refractivity contribution in [1.29, 1.82) is 0 Å². The second-order valence-electron chi connectivity index (χ2n) is 9.69. The molecule has 1 spiro atoms. The van der Waals surface area contributed by atoms with Crippen molar-refractivity contribution >= 4 is 23.7 Å². The first-order valence-electron chi connectivity index (χ1n) is 11.2. The number of piperidine rings is 1. The molecule has 36 heavy (non-hydrogen) atoms. The normalized spacial score (nSPS) is 18.9. The van der Waals surface area contributed by atoms with E-state index >= 15 is 0 Å². The number of hydrogen-bond donors (Lipinski definition) is 0. The zero-order valence-corrected chi connectivity index (χ0v) is 19.9. The second kappa shape index (κ2) is 9.43. The molecule has 1 aromatic rings. The van der Waals surface area contributed by atoms with E-state index in [0.29, 0.717) is 11.0 Å². The number of imide groups is 1. The van der Waals surface area contributed by atoms with Crippen molar-refractivity contribution in [2.24, 2.45) is 0 Å². The molecule has 1 aromatic heterocycles. The van der Waals surface area contributed by atoms with E-state index < -0.39 is 66.6 Å². The number of aromatic nitrogens is 1. The van der Waals surface area contributed by atoms with Crippen LogP contribution in [0.2, 0.25) is 0 Å². The molecular formula is C22H26F6N4O4. The van der Waals surface area contributed by atoms with Crippen LogP contribution in [0, 0.1) is 0 Å². The summed E-state index contributed by atoms with van der Waals surface area (Å²) >= 11 is 0. The van der Waals surface area contributed by atoms with Crippen molar-refractivity contribution in [3.05, 3.63) is 24.0 Å². The average molecular weight is 524 g/mol.